The quantitative estimate of drug-likeness (QED) is 0.752. The Hall–Kier alpha value is -0.603. The molecule has 0 aliphatic rings. The van der Waals surface area contributed by atoms with Crippen LogP contribution in [0.15, 0.2) is 30.3 Å². The molecule has 0 aromatic heterocycles. The highest BCUT2D eigenvalue weighted by Crippen LogP contribution is 2.25. The number of benzene rings is 1. The van der Waals surface area contributed by atoms with Gasteiger partial charge in [0.15, 0.2) is 0 Å². The molecule has 0 amide bonds. The fraction of sp³-hybridized carbons (Fsp3) is 0.538. The van der Waals surface area contributed by atoms with Gasteiger partial charge in [-0.1, -0.05) is 50.0 Å². The number of nitrogens with one attached hydrogen (secondary N) is 1. The van der Waals surface area contributed by atoms with Gasteiger partial charge >= 0.3 is 0 Å². The van der Waals surface area contributed by atoms with Gasteiger partial charge in [-0.15, -0.1) is 0 Å². The Morgan fingerprint density at radius 1 is 1.13 bits per heavy atom. The van der Waals surface area contributed by atoms with Crippen molar-refractivity contribution in [2.75, 3.05) is 13.6 Å². The Bertz CT molecular complexity index is 276. The highest BCUT2D eigenvalue weighted by atomic mass is 28.3. The molecule has 1 unspecified atom stereocenters. The first-order valence-corrected chi connectivity index (χ1v) is 9.43. The molecule has 1 rings (SSSR count). The van der Waals surface area contributed by atoms with Gasteiger partial charge in [0.2, 0.25) is 0 Å². The normalized spacial score (nSPS) is 13.9. The van der Waals surface area contributed by atoms with Crippen LogP contribution in [-0.2, 0) is 0 Å². The molecule has 1 aromatic rings. The van der Waals surface area contributed by atoms with Crippen LogP contribution in [0.3, 0.4) is 0 Å². The van der Waals surface area contributed by atoms with E-state index in [1.807, 2.05) is 7.05 Å². The van der Waals surface area contributed by atoms with Crippen molar-refractivity contribution in [2.24, 2.45) is 0 Å². The van der Waals surface area contributed by atoms with Gasteiger partial charge in [-0.05, 0) is 24.6 Å². The molecule has 0 saturated heterocycles. The van der Waals surface area contributed by atoms with Crippen molar-refractivity contribution in [1.29, 1.82) is 0 Å². The predicted octanol–water partition coefficient (Wildman–Crippen LogP) is 3.33. The predicted molar refractivity (Wildman–Crippen MR) is 71.3 cm³/mol. The molecule has 1 N–H and O–H groups in total. The average molecular weight is 221 g/mol. The van der Waals surface area contributed by atoms with E-state index in [1.54, 1.807) is 0 Å². The van der Waals surface area contributed by atoms with Crippen molar-refractivity contribution < 1.29 is 0 Å². The van der Waals surface area contributed by atoms with Crippen LogP contribution in [0.1, 0.15) is 11.5 Å². The van der Waals surface area contributed by atoms with E-state index in [4.69, 9.17) is 0 Å². The zero-order chi connectivity index (χ0) is 11.3. The third-order valence-electron chi connectivity index (χ3n) is 2.58. The van der Waals surface area contributed by atoms with E-state index in [1.165, 1.54) is 11.6 Å². The summed E-state index contributed by atoms with van der Waals surface area (Å²) in [5, 5.41) is 3.31. The highest BCUT2D eigenvalue weighted by molar-refractivity contribution is 6.76. The van der Waals surface area contributed by atoms with Gasteiger partial charge in [0.25, 0.3) is 0 Å². The van der Waals surface area contributed by atoms with E-state index in [0.717, 1.165) is 6.54 Å². The first-order chi connectivity index (χ1) is 7.03. The summed E-state index contributed by atoms with van der Waals surface area (Å²) in [7, 11) is 1.06. The first-order valence-electron chi connectivity index (χ1n) is 5.72. The molecular weight excluding hydrogens is 198 g/mol. The molecule has 0 radical (unpaired) electrons. The van der Waals surface area contributed by atoms with Crippen molar-refractivity contribution in [3.05, 3.63) is 35.9 Å². The summed E-state index contributed by atoms with van der Waals surface area (Å²) >= 11 is 0. The van der Waals surface area contributed by atoms with Crippen molar-refractivity contribution in [1.82, 2.24) is 5.32 Å². The molecule has 0 spiro atoms. The number of likely N-dealkylation sites (N-methyl/N-ethyl adjacent to an activating group) is 1. The molecule has 0 heterocycles. The second-order valence-corrected chi connectivity index (χ2v) is 11.0. The molecule has 84 valence electrons. The Morgan fingerprint density at radius 3 is 2.20 bits per heavy atom. The lowest BCUT2D eigenvalue weighted by molar-refractivity contribution is 0.670. The Balaban J connectivity index is 2.75. The molecule has 2 heteroatoms. The van der Waals surface area contributed by atoms with Crippen LogP contribution in [0.5, 0.6) is 0 Å². The maximum atomic E-state index is 3.31. The van der Waals surface area contributed by atoms with Gasteiger partial charge in [0, 0.05) is 14.6 Å². The van der Waals surface area contributed by atoms with E-state index in [2.05, 4.69) is 55.3 Å². The Morgan fingerprint density at radius 2 is 1.73 bits per heavy atom. The van der Waals surface area contributed by atoms with Crippen LogP contribution in [0.2, 0.25) is 25.7 Å². The summed E-state index contributed by atoms with van der Waals surface area (Å²) in [5.41, 5.74) is 1.48. The molecule has 1 atom stereocenters. The van der Waals surface area contributed by atoms with Crippen molar-refractivity contribution >= 4 is 8.07 Å². The van der Waals surface area contributed by atoms with Gasteiger partial charge in [-0.25, -0.2) is 0 Å². The fourth-order valence-corrected chi connectivity index (χ4v) is 3.88. The Labute approximate surface area is 94.9 Å². The second kappa shape index (κ2) is 5.47. The van der Waals surface area contributed by atoms with Crippen LogP contribution in [0, 0.1) is 0 Å². The monoisotopic (exact) mass is 221 g/mol. The molecule has 1 aromatic carbocycles. The van der Waals surface area contributed by atoms with E-state index in [0.29, 0.717) is 5.92 Å². The second-order valence-electron chi connectivity index (χ2n) is 5.43. The maximum Gasteiger partial charge on any atom is 0.0449 e. The van der Waals surface area contributed by atoms with Gasteiger partial charge < -0.3 is 5.32 Å². The lowest BCUT2D eigenvalue weighted by Crippen LogP contribution is -2.27. The van der Waals surface area contributed by atoms with Gasteiger partial charge in [-0.3, -0.25) is 0 Å². The van der Waals surface area contributed by atoms with Gasteiger partial charge in [-0.2, -0.15) is 0 Å². The molecule has 1 nitrogen and oxygen atoms in total. The van der Waals surface area contributed by atoms with Crippen LogP contribution >= 0.6 is 0 Å². The minimum atomic E-state index is -0.980. The minimum absolute atomic E-state index is 0.683. The van der Waals surface area contributed by atoms with Crippen LogP contribution in [-0.4, -0.2) is 21.7 Å². The van der Waals surface area contributed by atoms with Crippen LogP contribution in [0.25, 0.3) is 0 Å². The van der Waals surface area contributed by atoms with E-state index in [-0.39, 0.29) is 0 Å². The summed E-state index contributed by atoms with van der Waals surface area (Å²) in [6.45, 7) is 8.42. The minimum Gasteiger partial charge on any atom is -0.319 e. The number of rotatable bonds is 5. The van der Waals surface area contributed by atoms with Gasteiger partial charge in [0.1, 0.15) is 0 Å². The lowest BCUT2D eigenvalue weighted by atomic mass is 10.0. The zero-order valence-electron chi connectivity index (χ0n) is 10.4. The lowest BCUT2D eigenvalue weighted by Gasteiger charge is -2.24. The topological polar surface area (TPSA) is 12.0 Å². The molecule has 0 fully saturated rings. The van der Waals surface area contributed by atoms with Gasteiger partial charge in [0.05, 0.1) is 0 Å². The fourth-order valence-electron chi connectivity index (χ4n) is 2.02. The van der Waals surface area contributed by atoms with E-state index < -0.39 is 8.07 Å². The zero-order valence-corrected chi connectivity index (χ0v) is 11.4. The SMILES string of the molecule is CNCC(C[Si](C)(C)C)c1ccccc1. The number of hydrogen-bond acceptors (Lipinski definition) is 1. The molecule has 0 bridgehead atoms. The summed E-state index contributed by atoms with van der Waals surface area (Å²) in [5.74, 6) is 0.683. The summed E-state index contributed by atoms with van der Waals surface area (Å²) < 4.78 is 0. The third kappa shape index (κ3) is 4.63. The smallest absolute Gasteiger partial charge is 0.0449 e. The van der Waals surface area contributed by atoms with Crippen molar-refractivity contribution in [2.45, 2.75) is 31.6 Å². The highest BCUT2D eigenvalue weighted by Gasteiger charge is 2.20. The third-order valence-corrected chi connectivity index (χ3v) is 4.30. The van der Waals surface area contributed by atoms with Crippen LogP contribution in [0.4, 0.5) is 0 Å². The van der Waals surface area contributed by atoms with Crippen molar-refractivity contribution in [3.63, 3.8) is 0 Å². The summed E-state index contributed by atoms with van der Waals surface area (Å²) in [4.78, 5) is 0. The average Bonchev–Trinajstić information content (AvgIpc) is 2.17. The largest absolute Gasteiger partial charge is 0.319 e. The van der Waals surface area contributed by atoms with Crippen LogP contribution < -0.4 is 5.32 Å². The first kappa shape index (κ1) is 12.5. The number of hydrogen-bond donors (Lipinski definition) is 1. The summed E-state index contributed by atoms with van der Waals surface area (Å²) in [6, 6.07) is 12.2. The standard InChI is InChI=1S/C13H23NSi/c1-14-10-13(11-15(2,3)4)12-8-6-5-7-9-12/h5-9,13-14H,10-11H2,1-4H3. The van der Waals surface area contributed by atoms with Crippen molar-refractivity contribution in [3.8, 4) is 0 Å². The molecule has 0 aliphatic heterocycles. The Kier molecular flexibility index (Phi) is 4.55. The molecule has 15 heavy (non-hydrogen) atoms. The molecule has 0 aliphatic carbocycles. The van der Waals surface area contributed by atoms with E-state index >= 15 is 0 Å². The molecular formula is C13H23NSi. The maximum absolute atomic E-state index is 3.31. The summed E-state index contributed by atoms with van der Waals surface area (Å²) in [6.07, 6.45) is 0. The van der Waals surface area contributed by atoms with E-state index in [9.17, 15) is 0 Å². The molecule has 0 saturated carbocycles.